The fraction of sp³-hybridized carbons (Fsp3) is 0.417. The summed E-state index contributed by atoms with van der Waals surface area (Å²) in [7, 11) is 1.53. The highest BCUT2D eigenvalue weighted by Crippen LogP contribution is 2.17. The molecule has 2 N–H and O–H groups in total. The van der Waals surface area contributed by atoms with E-state index < -0.39 is 17.1 Å². The lowest BCUT2D eigenvalue weighted by Gasteiger charge is -2.16. The first-order valence-corrected chi connectivity index (χ1v) is 6.00. The first kappa shape index (κ1) is 15.7. The first-order chi connectivity index (χ1) is 9.56. The SMILES string of the molecule is CCOC(=O)NNC(C[N+](=O)[O-])c1ccc(OC)cc1. The third-order valence-corrected chi connectivity index (χ3v) is 2.47. The third kappa shape index (κ3) is 5.11. The minimum absolute atomic E-state index is 0.218. The molecule has 1 aromatic rings. The van der Waals surface area contributed by atoms with E-state index in [9.17, 15) is 14.9 Å². The Labute approximate surface area is 116 Å². The van der Waals surface area contributed by atoms with Gasteiger partial charge in [0.05, 0.1) is 13.7 Å². The summed E-state index contributed by atoms with van der Waals surface area (Å²) in [5, 5.41) is 10.7. The third-order valence-electron chi connectivity index (χ3n) is 2.47. The molecule has 110 valence electrons. The number of hydrogen-bond acceptors (Lipinski definition) is 6. The molecule has 0 spiro atoms. The highest BCUT2D eigenvalue weighted by atomic mass is 16.6. The van der Waals surface area contributed by atoms with Crippen LogP contribution in [0.3, 0.4) is 0 Å². The molecule has 1 atom stereocenters. The lowest BCUT2D eigenvalue weighted by Crippen LogP contribution is -2.42. The topological polar surface area (TPSA) is 103 Å². The van der Waals surface area contributed by atoms with Gasteiger partial charge in [-0.25, -0.2) is 10.2 Å². The Bertz CT molecular complexity index is 449. The van der Waals surface area contributed by atoms with Crippen LogP contribution in [0.4, 0.5) is 4.79 Å². The van der Waals surface area contributed by atoms with Crippen LogP contribution in [0, 0.1) is 10.1 Å². The molecule has 0 saturated heterocycles. The normalized spacial score (nSPS) is 11.5. The van der Waals surface area contributed by atoms with Crippen molar-refractivity contribution in [3.63, 3.8) is 0 Å². The maximum absolute atomic E-state index is 11.2. The minimum atomic E-state index is -0.686. The van der Waals surface area contributed by atoms with Gasteiger partial charge in [-0.15, -0.1) is 0 Å². The molecule has 0 fully saturated rings. The van der Waals surface area contributed by atoms with Crippen molar-refractivity contribution in [2.45, 2.75) is 13.0 Å². The summed E-state index contributed by atoms with van der Waals surface area (Å²) in [6.45, 7) is 1.51. The molecule has 0 aliphatic rings. The van der Waals surface area contributed by atoms with E-state index in [1.807, 2.05) is 0 Å². The van der Waals surface area contributed by atoms with Crippen molar-refractivity contribution in [2.24, 2.45) is 0 Å². The lowest BCUT2D eigenvalue weighted by molar-refractivity contribution is -0.484. The Morgan fingerprint density at radius 1 is 1.40 bits per heavy atom. The van der Waals surface area contributed by atoms with Crippen LogP contribution in [0.2, 0.25) is 0 Å². The lowest BCUT2D eigenvalue weighted by atomic mass is 10.1. The average molecular weight is 283 g/mol. The number of carbonyl (C=O) groups is 1. The van der Waals surface area contributed by atoms with Crippen LogP contribution >= 0.6 is 0 Å². The second kappa shape index (κ2) is 7.95. The number of hydrazine groups is 1. The molecule has 0 aliphatic heterocycles. The van der Waals surface area contributed by atoms with Crippen LogP contribution in [0.25, 0.3) is 0 Å². The van der Waals surface area contributed by atoms with E-state index in [0.717, 1.165) is 0 Å². The minimum Gasteiger partial charge on any atom is -0.497 e. The molecule has 20 heavy (non-hydrogen) atoms. The van der Waals surface area contributed by atoms with Gasteiger partial charge in [-0.3, -0.25) is 15.5 Å². The zero-order chi connectivity index (χ0) is 15.0. The van der Waals surface area contributed by atoms with Gasteiger partial charge in [0.1, 0.15) is 11.8 Å². The van der Waals surface area contributed by atoms with Gasteiger partial charge >= 0.3 is 6.09 Å². The first-order valence-electron chi connectivity index (χ1n) is 6.00. The summed E-state index contributed by atoms with van der Waals surface area (Å²) in [6, 6.07) is 6.09. The van der Waals surface area contributed by atoms with Crippen molar-refractivity contribution in [3.8, 4) is 5.75 Å². The van der Waals surface area contributed by atoms with Crippen molar-refractivity contribution >= 4 is 6.09 Å². The smallest absolute Gasteiger partial charge is 0.421 e. The monoisotopic (exact) mass is 283 g/mol. The molecule has 8 nitrogen and oxygen atoms in total. The van der Waals surface area contributed by atoms with Gasteiger partial charge in [-0.2, -0.15) is 0 Å². The average Bonchev–Trinajstić information content (AvgIpc) is 2.43. The molecule has 0 saturated carbocycles. The van der Waals surface area contributed by atoms with Crippen LogP contribution in [0.5, 0.6) is 5.75 Å². The number of carbonyl (C=O) groups excluding carboxylic acids is 1. The molecule has 1 amide bonds. The number of nitrogens with zero attached hydrogens (tertiary/aromatic N) is 1. The number of methoxy groups -OCH3 is 1. The zero-order valence-electron chi connectivity index (χ0n) is 11.3. The summed E-state index contributed by atoms with van der Waals surface area (Å²) in [5.41, 5.74) is 5.50. The number of hydrogen-bond donors (Lipinski definition) is 2. The Morgan fingerprint density at radius 2 is 2.05 bits per heavy atom. The number of rotatable bonds is 7. The van der Waals surface area contributed by atoms with Gasteiger partial charge in [0, 0.05) is 4.92 Å². The van der Waals surface area contributed by atoms with E-state index in [1.54, 1.807) is 31.2 Å². The Kier molecular flexibility index (Phi) is 6.24. The van der Waals surface area contributed by atoms with E-state index in [-0.39, 0.29) is 13.2 Å². The van der Waals surface area contributed by atoms with Gasteiger partial charge < -0.3 is 9.47 Å². The summed E-state index contributed by atoms with van der Waals surface area (Å²) in [6.07, 6.45) is -0.686. The maximum atomic E-state index is 11.2. The summed E-state index contributed by atoms with van der Waals surface area (Å²) < 4.78 is 9.68. The van der Waals surface area contributed by atoms with Crippen molar-refractivity contribution in [1.29, 1.82) is 0 Å². The summed E-state index contributed by atoms with van der Waals surface area (Å²) in [4.78, 5) is 21.4. The van der Waals surface area contributed by atoms with E-state index in [0.29, 0.717) is 11.3 Å². The Balaban J connectivity index is 2.71. The predicted molar refractivity (Wildman–Crippen MR) is 70.9 cm³/mol. The molecule has 0 aliphatic carbocycles. The molecule has 0 aromatic heterocycles. The molecule has 8 heteroatoms. The highest BCUT2D eigenvalue weighted by molar-refractivity contribution is 5.66. The van der Waals surface area contributed by atoms with Crippen LogP contribution < -0.4 is 15.6 Å². The molecule has 0 bridgehead atoms. The van der Waals surface area contributed by atoms with Crippen molar-refractivity contribution in [1.82, 2.24) is 10.9 Å². The molecule has 0 radical (unpaired) electrons. The largest absolute Gasteiger partial charge is 0.497 e. The molecular weight excluding hydrogens is 266 g/mol. The standard InChI is InChI=1S/C12H17N3O5/c1-3-20-12(16)14-13-11(8-15(17)18)9-4-6-10(19-2)7-5-9/h4-7,11,13H,3,8H2,1-2H3,(H,14,16). The molecular formula is C12H17N3O5. The number of nitro groups is 1. The van der Waals surface area contributed by atoms with Crippen LogP contribution in [0.15, 0.2) is 24.3 Å². The molecule has 0 heterocycles. The van der Waals surface area contributed by atoms with E-state index in [2.05, 4.69) is 15.6 Å². The van der Waals surface area contributed by atoms with Gasteiger partial charge in [0.15, 0.2) is 0 Å². The number of amides is 1. The van der Waals surface area contributed by atoms with Gasteiger partial charge in [0.2, 0.25) is 6.54 Å². The van der Waals surface area contributed by atoms with Crippen molar-refractivity contribution < 1.29 is 19.2 Å². The van der Waals surface area contributed by atoms with Crippen LogP contribution in [-0.4, -0.2) is 31.3 Å². The molecule has 1 rings (SSSR count). The van der Waals surface area contributed by atoms with E-state index >= 15 is 0 Å². The molecule has 1 aromatic carbocycles. The zero-order valence-corrected chi connectivity index (χ0v) is 11.3. The van der Waals surface area contributed by atoms with Gasteiger partial charge in [-0.1, -0.05) is 12.1 Å². The maximum Gasteiger partial charge on any atom is 0.421 e. The fourth-order valence-corrected chi connectivity index (χ4v) is 1.53. The second-order valence-corrected chi connectivity index (χ2v) is 3.83. The van der Waals surface area contributed by atoms with Gasteiger partial charge in [0.25, 0.3) is 0 Å². The van der Waals surface area contributed by atoms with E-state index in [4.69, 9.17) is 4.74 Å². The quantitative estimate of drug-likeness (QED) is 0.577. The van der Waals surface area contributed by atoms with Crippen molar-refractivity contribution in [2.75, 3.05) is 20.3 Å². The summed E-state index contributed by atoms with van der Waals surface area (Å²) >= 11 is 0. The Morgan fingerprint density at radius 3 is 2.55 bits per heavy atom. The second-order valence-electron chi connectivity index (χ2n) is 3.83. The van der Waals surface area contributed by atoms with E-state index in [1.165, 1.54) is 7.11 Å². The van der Waals surface area contributed by atoms with Crippen molar-refractivity contribution in [3.05, 3.63) is 39.9 Å². The summed E-state index contributed by atoms with van der Waals surface area (Å²) in [5.74, 6) is 0.645. The number of ether oxygens (including phenoxy) is 2. The van der Waals surface area contributed by atoms with Crippen LogP contribution in [-0.2, 0) is 4.74 Å². The fourth-order valence-electron chi connectivity index (χ4n) is 1.53. The highest BCUT2D eigenvalue weighted by Gasteiger charge is 2.18. The number of benzene rings is 1. The predicted octanol–water partition coefficient (Wildman–Crippen LogP) is 1.26. The Hall–Kier alpha value is -2.35. The van der Waals surface area contributed by atoms with Crippen LogP contribution in [0.1, 0.15) is 18.5 Å². The van der Waals surface area contributed by atoms with Gasteiger partial charge in [-0.05, 0) is 24.6 Å². The number of nitrogens with one attached hydrogen (secondary N) is 2. The molecule has 1 unspecified atom stereocenters.